The van der Waals surface area contributed by atoms with E-state index in [4.69, 9.17) is 0 Å². The zero-order valence-electron chi connectivity index (χ0n) is 16.5. The molecule has 2 atom stereocenters. The van der Waals surface area contributed by atoms with E-state index in [1.807, 2.05) is 70.1 Å². The van der Waals surface area contributed by atoms with Crippen molar-refractivity contribution in [2.75, 3.05) is 43.0 Å². The maximum absolute atomic E-state index is 13.2. The molecule has 6 heteroatoms. The number of piperidine rings is 1. The number of rotatable bonds is 3. The first-order valence-corrected chi connectivity index (χ1v) is 11.4. The van der Waals surface area contributed by atoms with Crippen LogP contribution in [0.4, 0.5) is 10.5 Å². The first-order chi connectivity index (χ1) is 14.2. The summed E-state index contributed by atoms with van der Waals surface area (Å²) in [7, 11) is 0. The molecule has 29 heavy (non-hydrogen) atoms. The van der Waals surface area contributed by atoms with E-state index in [1.165, 1.54) is 5.56 Å². The van der Waals surface area contributed by atoms with Crippen LogP contribution in [0.25, 0.3) is 0 Å². The summed E-state index contributed by atoms with van der Waals surface area (Å²) in [4.78, 5) is 30.0. The normalized spacial score (nSPS) is 22.2. The molecule has 5 nitrogen and oxygen atoms in total. The summed E-state index contributed by atoms with van der Waals surface area (Å²) in [5.74, 6) is 2.21. The topological polar surface area (TPSA) is 52.7 Å². The van der Waals surface area contributed by atoms with E-state index in [-0.39, 0.29) is 23.8 Å². The number of nitrogens with zero attached hydrogens (tertiary/aromatic N) is 2. The van der Waals surface area contributed by atoms with Gasteiger partial charge in [0.15, 0.2) is 0 Å². The van der Waals surface area contributed by atoms with Crippen molar-refractivity contribution in [2.45, 2.75) is 12.3 Å². The minimum Gasteiger partial charge on any atom is -0.341 e. The van der Waals surface area contributed by atoms with E-state index in [0.717, 1.165) is 36.7 Å². The third kappa shape index (κ3) is 4.93. The van der Waals surface area contributed by atoms with E-state index in [1.54, 1.807) is 0 Å². The molecule has 2 aromatic rings. The van der Waals surface area contributed by atoms with Crippen LogP contribution in [-0.4, -0.2) is 59.4 Å². The number of hydrogen-bond acceptors (Lipinski definition) is 3. The maximum atomic E-state index is 13.2. The standard InChI is InChI=1S/C23H27N3O2S/c27-22(25-11-13-29-14-12-25)20-15-19(18-7-3-1-4-8-18)16-26(17-20)23(28)24-21-9-5-2-6-10-21/h1-10,19-20H,11-17H2,(H,24,28). The first kappa shape index (κ1) is 19.8. The molecule has 3 amide bonds. The highest BCUT2D eigenvalue weighted by atomic mass is 32.2. The summed E-state index contributed by atoms with van der Waals surface area (Å²) < 4.78 is 0. The highest BCUT2D eigenvalue weighted by Crippen LogP contribution is 2.32. The number of anilines is 1. The fourth-order valence-electron chi connectivity index (χ4n) is 4.18. The van der Waals surface area contributed by atoms with Gasteiger partial charge in [-0.25, -0.2) is 4.79 Å². The molecule has 2 aromatic carbocycles. The lowest BCUT2D eigenvalue weighted by Gasteiger charge is -2.39. The number of likely N-dealkylation sites (tertiary alicyclic amines) is 1. The Bertz CT molecular complexity index is 825. The molecule has 2 aliphatic rings. The minimum absolute atomic E-state index is 0.135. The number of amides is 3. The van der Waals surface area contributed by atoms with E-state index in [0.29, 0.717) is 13.1 Å². The number of para-hydroxylation sites is 1. The molecule has 2 aliphatic heterocycles. The Morgan fingerprint density at radius 3 is 2.21 bits per heavy atom. The van der Waals surface area contributed by atoms with Gasteiger partial charge in [-0.1, -0.05) is 48.5 Å². The number of thioether (sulfide) groups is 1. The SMILES string of the molecule is O=C(Nc1ccccc1)N1CC(C(=O)N2CCSCC2)CC(c2ccccc2)C1. The fraction of sp³-hybridized carbons (Fsp3) is 0.391. The molecule has 2 saturated heterocycles. The molecule has 0 aromatic heterocycles. The Hall–Kier alpha value is -2.47. The molecule has 2 unspecified atom stereocenters. The van der Waals surface area contributed by atoms with Gasteiger partial charge in [-0.3, -0.25) is 4.79 Å². The summed E-state index contributed by atoms with van der Waals surface area (Å²) in [5, 5.41) is 2.98. The lowest BCUT2D eigenvalue weighted by molar-refractivity contribution is -0.136. The second kappa shape index (κ2) is 9.35. The van der Waals surface area contributed by atoms with Crippen molar-refractivity contribution < 1.29 is 9.59 Å². The maximum Gasteiger partial charge on any atom is 0.321 e. The Kier molecular flexibility index (Phi) is 6.39. The lowest BCUT2D eigenvalue weighted by Crippen LogP contribution is -2.51. The van der Waals surface area contributed by atoms with Crippen molar-refractivity contribution in [3.8, 4) is 0 Å². The molecule has 0 spiro atoms. The summed E-state index contributed by atoms with van der Waals surface area (Å²) >= 11 is 1.90. The number of carbonyl (C=O) groups excluding carboxylic acids is 2. The van der Waals surface area contributed by atoms with Gasteiger partial charge in [0.2, 0.25) is 5.91 Å². The molecule has 4 rings (SSSR count). The predicted octanol–water partition coefficient (Wildman–Crippen LogP) is 3.90. The number of benzene rings is 2. The Balaban J connectivity index is 1.52. The van der Waals surface area contributed by atoms with Crippen LogP contribution in [0.2, 0.25) is 0 Å². The van der Waals surface area contributed by atoms with Crippen LogP contribution in [0, 0.1) is 5.92 Å². The summed E-state index contributed by atoms with van der Waals surface area (Å²) in [6.07, 6.45) is 0.793. The van der Waals surface area contributed by atoms with Crippen LogP contribution in [0.5, 0.6) is 0 Å². The molecular formula is C23H27N3O2S. The van der Waals surface area contributed by atoms with Crippen molar-refractivity contribution in [1.82, 2.24) is 9.80 Å². The van der Waals surface area contributed by atoms with Gasteiger partial charge in [0, 0.05) is 49.3 Å². The molecule has 2 heterocycles. The summed E-state index contributed by atoms with van der Waals surface area (Å²) in [6, 6.07) is 19.6. The molecule has 0 saturated carbocycles. The van der Waals surface area contributed by atoms with E-state index < -0.39 is 0 Å². The average molecular weight is 410 g/mol. The van der Waals surface area contributed by atoms with Crippen LogP contribution in [0.1, 0.15) is 17.9 Å². The second-order valence-corrected chi connectivity index (χ2v) is 8.90. The van der Waals surface area contributed by atoms with E-state index in [2.05, 4.69) is 17.4 Å². The second-order valence-electron chi connectivity index (χ2n) is 7.68. The van der Waals surface area contributed by atoms with Gasteiger partial charge in [0.25, 0.3) is 0 Å². The van der Waals surface area contributed by atoms with Crippen LogP contribution in [0.3, 0.4) is 0 Å². The molecule has 0 aliphatic carbocycles. The van der Waals surface area contributed by atoms with E-state index in [9.17, 15) is 9.59 Å². The molecule has 0 radical (unpaired) electrons. The van der Waals surface area contributed by atoms with Gasteiger partial charge < -0.3 is 15.1 Å². The van der Waals surface area contributed by atoms with Gasteiger partial charge in [-0.05, 0) is 24.1 Å². The smallest absolute Gasteiger partial charge is 0.321 e. The zero-order chi connectivity index (χ0) is 20.1. The zero-order valence-corrected chi connectivity index (χ0v) is 17.3. The van der Waals surface area contributed by atoms with Crippen LogP contribution in [-0.2, 0) is 4.79 Å². The number of urea groups is 1. The Morgan fingerprint density at radius 1 is 0.862 bits per heavy atom. The van der Waals surface area contributed by atoms with Crippen molar-refractivity contribution >= 4 is 29.4 Å². The van der Waals surface area contributed by atoms with Gasteiger partial charge in [0.05, 0.1) is 5.92 Å². The third-order valence-corrected chi connectivity index (χ3v) is 6.65. The van der Waals surface area contributed by atoms with Crippen molar-refractivity contribution in [2.24, 2.45) is 5.92 Å². The molecular weight excluding hydrogens is 382 g/mol. The largest absolute Gasteiger partial charge is 0.341 e. The van der Waals surface area contributed by atoms with Gasteiger partial charge in [-0.2, -0.15) is 11.8 Å². The quantitative estimate of drug-likeness (QED) is 0.837. The van der Waals surface area contributed by atoms with Gasteiger partial charge in [-0.15, -0.1) is 0 Å². The monoisotopic (exact) mass is 409 g/mol. The van der Waals surface area contributed by atoms with Crippen molar-refractivity contribution in [1.29, 1.82) is 0 Å². The molecule has 152 valence electrons. The summed E-state index contributed by atoms with van der Waals surface area (Å²) in [5.41, 5.74) is 1.96. The Morgan fingerprint density at radius 2 is 1.52 bits per heavy atom. The summed E-state index contributed by atoms with van der Waals surface area (Å²) in [6.45, 7) is 2.73. The number of nitrogens with one attached hydrogen (secondary N) is 1. The van der Waals surface area contributed by atoms with Crippen LogP contribution >= 0.6 is 11.8 Å². The highest BCUT2D eigenvalue weighted by Gasteiger charge is 2.36. The number of hydrogen-bond donors (Lipinski definition) is 1. The first-order valence-electron chi connectivity index (χ1n) is 10.2. The minimum atomic E-state index is -0.154. The predicted molar refractivity (Wildman–Crippen MR) is 118 cm³/mol. The molecule has 1 N–H and O–H groups in total. The van der Waals surface area contributed by atoms with E-state index >= 15 is 0 Å². The Labute approximate surface area is 176 Å². The molecule has 0 bridgehead atoms. The number of carbonyl (C=O) groups is 2. The molecule has 2 fully saturated rings. The third-order valence-electron chi connectivity index (χ3n) is 5.71. The van der Waals surface area contributed by atoms with Crippen LogP contribution < -0.4 is 5.32 Å². The van der Waals surface area contributed by atoms with Crippen molar-refractivity contribution in [3.05, 3.63) is 66.2 Å². The van der Waals surface area contributed by atoms with Crippen molar-refractivity contribution in [3.63, 3.8) is 0 Å². The lowest BCUT2D eigenvalue weighted by atomic mass is 9.84. The average Bonchev–Trinajstić information content (AvgIpc) is 2.80. The van der Waals surface area contributed by atoms with Gasteiger partial charge >= 0.3 is 6.03 Å². The van der Waals surface area contributed by atoms with Gasteiger partial charge in [0.1, 0.15) is 0 Å². The van der Waals surface area contributed by atoms with Crippen LogP contribution in [0.15, 0.2) is 60.7 Å². The highest BCUT2D eigenvalue weighted by molar-refractivity contribution is 7.99. The fourth-order valence-corrected chi connectivity index (χ4v) is 5.08.